The van der Waals surface area contributed by atoms with Gasteiger partial charge in [0, 0.05) is 6.20 Å². The first-order valence-corrected chi connectivity index (χ1v) is 7.86. The van der Waals surface area contributed by atoms with Gasteiger partial charge in [-0.2, -0.15) is 0 Å². The molecule has 1 aliphatic rings. The van der Waals surface area contributed by atoms with Gasteiger partial charge in [-0.1, -0.05) is 12.7 Å². The highest BCUT2D eigenvalue weighted by molar-refractivity contribution is 7.46. The minimum atomic E-state index is -4.79. The Morgan fingerprint density at radius 2 is 2.04 bits per heavy atom. The fourth-order valence-corrected chi connectivity index (χ4v) is 2.44. The number of aromatic nitrogens is 2. The van der Waals surface area contributed by atoms with Crippen molar-refractivity contribution in [1.82, 2.24) is 9.55 Å². The van der Waals surface area contributed by atoms with Gasteiger partial charge >= 0.3 is 13.5 Å². The number of rotatable bonds is 5. The molecule has 0 spiro atoms. The molecule has 0 unspecified atom stereocenters. The summed E-state index contributed by atoms with van der Waals surface area (Å²) in [5, 5.41) is 19.8. The summed E-state index contributed by atoms with van der Waals surface area (Å²) in [7, 11) is -4.79. The quantitative estimate of drug-likeness (QED) is 0.373. The number of ether oxygens (including phenoxy) is 1. The Bertz CT molecular complexity index is 751. The van der Waals surface area contributed by atoms with E-state index in [-0.39, 0.29) is 5.56 Å². The van der Waals surface area contributed by atoms with Crippen LogP contribution in [0.1, 0.15) is 11.8 Å². The van der Waals surface area contributed by atoms with Crippen LogP contribution in [0.3, 0.4) is 0 Å². The maximum atomic E-state index is 11.8. The maximum Gasteiger partial charge on any atom is 0.469 e. The van der Waals surface area contributed by atoms with E-state index in [0.717, 1.165) is 10.8 Å². The Morgan fingerprint density at radius 3 is 2.61 bits per heavy atom. The summed E-state index contributed by atoms with van der Waals surface area (Å²) >= 11 is 0. The van der Waals surface area contributed by atoms with Gasteiger partial charge in [-0.05, 0) is 0 Å². The minimum absolute atomic E-state index is 0.0322. The zero-order chi connectivity index (χ0) is 17.4. The predicted octanol–water partition coefficient (Wildman–Crippen LogP) is -2.09. The van der Waals surface area contributed by atoms with Crippen molar-refractivity contribution in [3.05, 3.63) is 39.2 Å². The van der Waals surface area contributed by atoms with Crippen molar-refractivity contribution in [3.63, 3.8) is 0 Å². The number of aromatic amines is 1. The number of nitrogens with one attached hydrogen (secondary N) is 1. The minimum Gasteiger partial charge on any atom is -0.387 e. The predicted molar refractivity (Wildman–Crippen MR) is 75.3 cm³/mol. The molecular weight excluding hydrogens is 335 g/mol. The molecule has 23 heavy (non-hydrogen) atoms. The summed E-state index contributed by atoms with van der Waals surface area (Å²) in [5.41, 5.74) is -1.55. The molecule has 5 N–H and O–H groups in total. The number of phosphoric acid groups is 1. The molecule has 1 aromatic rings. The molecule has 1 fully saturated rings. The van der Waals surface area contributed by atoms with Crippen molar-refractivity contribution >= 4 is 13.9 Å². The number of aliphatic hydroxyl groups is 2. The van der Waals surface area contributed by atoms with Crippen LogP contribution in [-0.4, -0.2) is 54.5 Å². The van der Waals surface area contributed by atoms with Gasteiger partial charge in [-0.15, -0.1) is 0 Å². The lowest BCUT2D eigenvalue weighted by molar-refractivity contribution is -0.0543. The van der Waals surface area contributed by atoms with Gasteiger partial charge < -0.3 is 24.7 Å². The van der Waals surface area contributed by atoms with Crippen LogP contribution in [0.4, 0.5) is 0 Å². The van der Waals surface area contributed by atoms with Crippen molar-refractivity contribution in [3.8, 4) is 0 Å². The number of H-pyrrole nitrogens is 1. The molecule has 0 bridgehead atoms. The Morgan fingerprint density at radius 1 is 1.39 bits per heavy atom. The van der Waals surface area contributed by atoms with Crippen LogP contribution in [0, 0.1) is 0 Å². The Balaban J connectivity index is 2.28. The van der Waals surface area contributed by atoms with Crippen LogP contribution >= 0.6 is 7.82 Å². The van der Waals surface area contributed by atoms with Crippen LogP contribution in [0.5, 0.6) is 0 Å². The molecule has 0 aromatic carbocycles. The monoisotopic (exact) mass is 350 g/mol. The highest BCUT2D eigenvalue weighted by Gasteiger charge is 2.45. The zero-order valence-electron chi connectivity index (χ0n) is 11.6. The standard InChI is InChI=1S/C11H15N2O9P/c1-2-5-3-13(11(17)12-9(5)16)10-8(15)7(14)6(22-10)4-21-23(18,19)20/h2-3,6-8,10,14-15H,1,4H2,(H,12,16,17)(H2,18,19,20)/t6-,7-,8-,10-/m1/s1. The van der Waals surface area contributed by atoms with E-state index in [1.807, 2.05) is 4.98 Å². The highest BCUT2D eigenvalue weighted by Crippen LogP contribution is 2.38. The number of hydrogen-bond donors (Lipinski definition) is 5. The topological polar surface area (TPSA) is 171 Å². The third-order valence-corrected chi connectivity index (χ3v) is 3.72. The van der Waals surface area contributed by atoms with Crippen molar-refractivity contribution in [2.24, 2.45) is 0 Å². The smallest absolute Gasteiger partial charge is 0.387 e. The molecular formula is C11H15N2O9P. The van der Waals surface area contributed by atoms with Gasteiger partial charge in [-0.3, -0.25) is 18.9 Å². The summed E-state index contributed by atoms with van der Waals surface area (Å²) < 4.78 is 21.0. The Kier molecular flexibility index (Phi) is 5.01. The SMILES string of the molecule is C=Cc1cn([C@@H]2O[C@H](COP(=O)(O)O)[C@@H](O)[C@H]2O)c(=O)[nH]c1=O. The summed E-state index contributed by atoms with van der Waals surface area (Å²) in [6, 6.07) is 0. The molecule has 0 saturated carbocycles. The molecule has 0 amide bonds. The van der Waals surface area contributed by atoms with Gasteiger partial charge in [0.15, 0.2) is 6.23 Å². The van der Waals surface area contributed by atoms with Crippen molar-refractivity contribution in [2.75, 3.05) is 6.61 Å². The Labute approximate surface area is 128 Å². The number of nitrogens with zero attached hydrogens (tertiary/aromatic N) is 1. The lowest BCUT2D eigenvalue weighted by Gasteiger charge is -2.17. The van der Waals surface area contributed by atoms with Gasteiger partial charge in [-0.25, -0.2) is 9.36 Å². The van der Waals surface area contributed by atoms with Gasteiger partial charge in [0.2, 0.25) is 0 Å². The van der Waals surface area contributed by atoms with Gasteiger partial charge in [0.1, 0.15) is 18.3 Å². The van der Waals surface area contributed by atoms with Crippen LogP contribution in [0.15, 0.2) is 22.4 Å². The lowest BCUT2D eigenvalue weighted by atomic mass is 10.1. The molecule has 12 heteroatoms. The molecule has 4 atom stereocenters. The molecule has 1 saturated heterocycles. The van der Waals surface area contributed by atoms with E-state index < -0.39 is 50.2 Å². The van der Waals surface area contributed by atoms with Crippen molar-refractivity contribution < 1.29 is 33.8 Å². The molecule has 1 aromatic heterocycles. The van der Waals surface area contributed by atoms with E-state index in [0.29, 0.717) is 0 Å². The second-order valence-electron chi connectivity index (χ2n) is 4.79. The van der Waals surface area contributed by atoms with E-state index in [4.69, 9.17) is 14.5 Å². The number of hydrogen-bond acceptors (Lipinski definition) is 7. The largest absolute Gasteiger partial charge is 0.469 e. The number of phosphoric ester groups is 1. The van der Waals surface area contributed by atoms with Gasteiger partial charge in [0.05, 0.1) is 12.2 Å². The van der Waals surface area contributed by atoms with Crippen LogP contribution in [0.2, 0.25) is 0 Å². The molecule has 128 valence electrons. The maximum absolute atomic E-state index is 11.8. The molecule has 11 nitrogen and oxygen atoms in total. The molecule has 1 aliphatic heterocycles. The first kappa shape index (κ1) is 17.8. The zero-order valence-corrected chi connectivity index (χ0v) is 12.5. The number of aliphatic hydroxyl groups excluding tert-OH is 2. The fraction of sp³-hybridized carbons (Fsp3) is 0.455. The summed E-state index contributed by atoms with van der Waals surface area (Å²) in [4.78, 5) is 42.5. The second-order valence-corrected chi connectivity index (χ2v) is 6.03. The summed E-state index contributed by atoms with van der Waals surface area (Å²) in [5.74, 6) is 0. The third-order valence-electron chi connectivity index (χ3n) is 3.23. The first-order valence-electron chi connectivity index (χ1n) is 6.33. The van der Waals surface area contributed by atoms with Crippen molar-refractivity contribution in [1.29, 1.82) is 0 Å². The average Bonchev–Trinajstić information content (AvgIpc) is 2.73. The van der Waals surface area contributed by atoms with Crippen molar-refractivity contribution in [2.45, 2.75) is 24.5 Å². The third kappa shape index (κ3) is 3.85. The average molecular weight is 350 g/mol. The second kappa shape index (κ2) is 6.49. The summed E-state index contributed by atoms with van der Waals surface area (Å²) in [6.07, 6.45) is -3.53. The molecule has 2 heterocycles. The first-order chi connectivity index (χ1) is 10.6. The normalized spacial score (nSPS) is 28.0. The van der Waals surface area contributed by atoms with E-state index in [2.05, 4.69) is 11.1 Å². The van der Waals surface area contributed by atoms with E-state index in [1.165, 1.54) is 6.08 Å². The van der Waals surface area contributed by atoms with E-state index >= 15 is 0 Å². The highest BCUT2D eigenvalue weighted by atomic mass is 31.2. The molecule has 0 aliphatic carbocycles. The van der Waals surface area contributed by atoms with Crippen LogP contribution < -0.4 is 11.2 Å². The summed E-state index contributed by atoms with van der Waals surface area (Å²) in [6.45, 7) is 2.70. The lowest BCUT2D eigenvalue weighted by Crippen LogP contribution is -2.38. The fourth-order valence-electron chi connectivity index (χ4n) is 2.10. The van der Waals surface area contributed by atoms with Crippen LogP contribution in [-0.2, 0) is 13.8 Å². The Hall–Kier alpha value is -1.59. The molecule has 0 radical (unpaired) electrons. The van der Waals surface area contributed by atoms with Crippen LogP contribution in [0.25, 0.3) is 6.08 Å². The molecule has 2 rings (SSSR count). The van der Waals surface area contributed by atoms with E-state index in [9.17, 15) is 24.4 Å². The van der Waals surface area contributed by atoms with E-state index in [1.54, 1.807) is 0 Å². The van der Waals surface area contributed by atoms with Gasteiger partial charge in [0.25, 0.3) is 5.56 Å².